The van der Waals surface area contributed by atoms with Gasteiger partial charge in [0, 0.05) is 10.6 Å². The van der Waals surface area contributed by atoms with Crippen LogP contribution in [0.25, 0.3) is 0 Å². The fourth-order valence-electron chi connectivity index (χ4n) is 2.24. The van der Waals surface area contributed by atoms with Crippen molar-refractivity contribution in [1.82, 2.24) is 5.32 Å². The fourth-order valence-corrected chi connectivity index (χ4v) is 4.44. The number of thiophene rings is 1. The molecule has 0 bridgehead atoms. The van der Waals surface area contributed by atoms with Gasteiger partial charge in [-0.2, -0.15) is 0 Å². The minimum atomic E-state index is -3.78. The van der Waals surface area contributed by atoms with Gasteiger partial charge >= 0.3 is 0 Å². The molecule has 0 saturated heterocycles. The Labute approximate surface area is 172 Å². The molecule has 140 valence electrons. The third-order valence-electron chi connectivity index (χ3n) is 3.52. The van der Waals surface area contributed by atoms with Crippen molar-refractivity contribution in [1.29, 1.82) is 0 Å². The molecule has 1 aromatic heterocycles. The van der Waals surface area contributed by atoms with E-state index in [9.17, 15) is 8.42 Å². The molecule has 0 unspecified atom stereocenters. The third-order valence-corrected chi connectivity index (χ3v) is 6.34. The third kappa shape index (κ3) is 5.43. The van der Waals surface area contributed by atoms with E-state index in [0.717, 1.165) is 4.88 Å². The van der Waals surface area contributed by atoms with E-state index in [2.05, 4.69) is 15.4 Å². The van der Waals surface area contributed by atoms with E-state index in [1.54, 1.807) is 47.7 Å². The van der Waals surface area contributed by atoms with Gasteiger partial charge in [0.25, 0.3) is 10.0 Å². The molecular weight excluding hydrogens is 422 g/mol. The highest BCUT2D eigenvalue weighted by molar-refractivity contribution is 7.92. The number of benzene rings is 2. The van der Waals surface area contributed by atoms with Crippen LogP contribution in [0.5, 0.6) is 0 Å². The average molecular weight is 438 g/mol. The molecular formula is C18H16ClN3O2S3. The van der Waals surface area contributed by atoms with E-state index in [0.29, 0.717) is 28.1 Å². The highest BCUT2D eigenvalue weighted by Crippen LogP contribution is 2.25. The summed E-state index contributed by atoms with van der Waals surface area (Å²) in [5.41, 5.74) is 0.895. The lowest BCUT2D eigenvalue weighted by Crippen LogP contribution is -2.27. The number of sulfonamides is 1. The summed E-state index contributed by atoms with van der Waals surface area (Å²) in [6, 6.07) is 17.0. The molecule has 0 saturated carbocycles. The highest BCUT2D eigenvalue weighted by Gasteiger charge is 2.16. The van der Waals surface area contributed by atoms with Crippen LogP contribution in [0.4, 0.5) is 11.4 Å². The Morgan fingerprint density at radius 2 is 1.89 bits per heavy atom. The molecule has 27 heavy (non-hydrogen) atoms. The molecule has 3 rings (SSSR count). The number of para-hydroxylation sites is 1. The molecule has 3 N–H and O–H groups in total. The van der Waals surface area contributed by atoms with Crippen LogP contribution in [0.1, 0.15) is 4.88 Å². The van der Waals surface area contributed by atoms with Crippen LogP contribution < -0.4 is 15.4 Å². The second kappa shape index (κ2) is 8.71. The molecule has 0 fully saturated rings. The number of halogens is 1. The average Bonchev–Trinajstić information content (AvgIpc) is 3.16. The van der Waals surface area contributed by atoms with Crippen molar-refractivity contribution in [3.63, 3.8) is 0 Å². The molecule has 0 spiro atoms. The molecule has 0 amide bonds. The van der Waals surface area contributed by atoms with E-state index in [-0.39, 0.29) is 4.90 Å². The van der Waals surface area contributed by atoms with Crippen LogP contribution >= 0.6 is 35.2 Å². The number of hydrogen-bond donors (Lipinski definition) is 3. The summed E-state index contributed by atoms with van der Waals surface area (Å²) in [6.45, 7) is 0.607. The summed E-state index contributed by atoms with van der Waals surface area (Å²) in [4.78, 5) is 1.26. The lowest BCUT2D eigenvalue weighted by molar-refractivity contribution is 0.601. The maximum atomic E-state index is 12.6. The van der Waals surface area contributed by atoms with Crippen molar-refractivity contribution < 1.29 is 8.42 Å². The van der Waals surface area contributed by atoms with Crippen molar-refractivity contribution in [2.45, 2.75) is 11.4 Å². The first-order valence-corrected chi connectivity index (χ1v) is 11.0. The van der Waals surface area contributed by atoms with Gasteiger partial charge in [0.1, 0.15) is 0 Å². The van der Waals surface area contributed by atoms with Gasteiger partial charge in [-0.25, -0.2) is 8.42 Å². The highest BCUT2D eigenvalue weighted by atomic mass is 35.5. The predicted octanol–water partition coefficient (Wildman–Crippen LogP) is 4.69. The Morgan fingerprint density at radius 3 is 2.63 bits per heavy atom. The van der Waals surface area contributed by atoms with Gasteiger partial charge < -0.3 is 10.6 Å². The SMILES string of the molecule is O=S(=O)(Nc1ccccc1Cl)c1cccc(NC(=S)NCc2cccs2)c1. The minimum Gasteiger partial charge on any atom is -0.358 e. The van der Waals surface area contributed by atoms with Crippen LogP contribution in [-0.2, 0) is 16.6 Å². The topological polar surface area (TPSA) is 70.2 Å². The molecule has 0 aliphatic rings. The van der Waals surface area contributed by atoms with Crippen molar-refractivity contribution in [3.05, 3.63) is 75.9 Å². The lowest BCUT2D eigenvalue weighted by Gasteiger charge is -2.12. The van der Waals surface area contributed by atoms with Crippen LogP contribution in [-0.4, -0.2) is 13.5 Å². The molecule has 3 aromatic rings. The van der Waals surface area contributed by atoms with E-state index >= 15 is 0 Å². The molecule has 0 radical (unpaired) electrons. The second-order valence-electron chi connectivity index (χ2n) is 5.50. The van der Waals surface area contributed by atoms with Crippen molar-refractivity contribution in [3.8, 4) is 0 Å². The largest absolute Gasteiger partial charge is 0.358 e. The van der Waals surface area contributed by atoms with E-state index in [4.69, 9.17) is 23.8 Å². The summed E-state index contributed by atoms with van der Waals surface area (Å²) in [6.07, 6.45) is 0. The summed E-state index contributed by atoms with van der Waals surface area (Å²) in [5.74, 6) is 0. The first-order valence-electron chi connectivity index (χ1n) is 7.89. The maximum absolute atomic E-state index is 12.6. The first kappa shape index (κ1) is 19.6. The first-order chi connectivity index (χ1) is 12.9. The van der Waals surface area contributed by atoms with E-state index in [1.165, 1.54) is 12.1 Å². The van der Waals surface area contributed by atoms with Crippen molar-refractivity contribution in [2.75, 3.05) is 10.0 Å². The van der Waals surface area contributed by atoms with Crippen molar-refractivity contribution in [2.24, 2.45) is 0 Å². The van der Waals surface area contributed by atoms with Gasteiger partial charge in [0.2, 0.25) is 0 Å². The Bertz CT molecular complexity index is 1040. The van der Waals surface area contributed by atoms with Crippen LogP contribution in [0.3, 0.4) is 0 Å². The van der Waals surface area contributed by atoms with Gasteiger partial charge in [-0.1, -0.05) is 35.9 Å². The smallest absolute Gasteiger partial charge is 0.262 e. The molecule has 5 nitrogen and oxygen atoms in total. The van der Waals surface area contributed by atoms with Gasteiger partial charge in [0.15, 0.2) is 5.11 Å². The molecule has 0 atom stereocenters. The lowest BCUT2D eigenvalue weighted by atomic mass is 10.3. The summed E-state index contributed by atoms with van der Waals surface area (Å²) < 4.78 is 27.7. The number of hydrogen-bond acceptors (Lipinski definition) is 4. The molecule has 9 heteroatoms. The monoisotopic (exact) mass is 437 g/mol. The minimum absolute atomic E-state index is 0.105. The number of rotatable bonds is 6. The van der Waals surface area contributed by atoms with Crippen LogP contribution in [0, 0.1) is 0 Å². The Balaban J connectivity index is 1.69. The van der Waals surface area contributed by atoms with Gasteiger partial charge in [-0.15, -0.1) is 11.3 Å². The molecule has 0 aliphatic carbocycles. The zero-order chi connectivity index (χ0) is 19.3. The normalized spacial score (nSPS) is 11.0. The van der Waals surface area contributed by atoms with Gasteiger partial charge in [0.05, 0.1) is 22.2 Å². The van der Waals surface area contributed by atoms with E-state index in [1.807, 2.05) is 17.5 Å². The maximum Gasteiger partial charge on any atom is 0.262 e. The molecule has 2 aromatic carbocycles. The Morgan fingerprint density at radius 1 is 1.07 bits per heavy atom. The number of anilines is 2. The van der Waals surface area contributed by atoms with Crippen molar-refractivity contribution >= 4 is 61.7 Å². The van der Waals surface area contributed by atoms with Gasteiger partial charge in [-0.05, 0) is 54.0 Å². The standard InChI is InChI=1S/C18H16ClN3O2S3/c19-16-8-1-2-9-17(16)22-27(23,24)15-7-3-5-13(11-15)21-18(25)20-12-14-6-4-10-26-14/h1-11,22H,12H2,(H2,20,21,25). The van der Waals surface area contributed by atoms with Crippen LogP contribution in [0.2, 0.25) is 5.02 Å². The van der Waals surface area contributed by atoms with E-state index < -0.39 is 10.0 Å². The Kier molecular flexibility index (Phi) is 6.33. The second-order valence-corrected chi connectivity index (χ2v) is 9.03. The fraction of sp³-hybridized carbons (Fsp3) is 0.0556. The Hall–Kier alpha value is -2.13. The quantitative estimate of drug-likeness (QED) is 0.488. The number of thiocarbonyl (C=S) groups is 1. The zero-order valence-electron chi connectivity index (χ0n) is 14.0. The molecule has 0 aliphatic heterocycles. The molecule has 1 heterocycles. The number of nitrogens with one attached hydrogen (secondary N) is 3. The predicted molar refractivity (Wildman–Crippen MR) is 116 cm³/mol. The summed E-state index contributed by atoms with van der Waals surface area (Å²) in [5, 5.41) is 8.82. The van der Waals surface area contributed by atoms with Crippen LogP contribution in [0.15, 0.2) is 70.9 Å². The zero-order valence-corrected chi connectivity index (χ0v) is 17.2. The summed E-state index contributed by atoms with van der Waals surface area (Å²) in [7, 11) is -3.78. The van der Waals surface area contributed by atoms with Gasteiger partial charge in [-0.3, -0.25) is 4.72 Å². The summed E-state index contributed by atoms with van der Waals surface area (Å²) >= 11 is 12.9.